The molecule has 0 saturated carbocycles. The van der Waals surface area contributed by atoms with E-state index in [1.165, 1.54) is 24.3 Å². The Morgan fingerprint density at radius 2 is 1.90 bits per heavy atom. The Balaban J connectivity index is 1.86. The monoisotopic (exact) mass is 484 g/mol. The molecule has 0 atom stereocenters. The van der Waals surface area contributed by atoms with E-state index in [9.17, 15) is 14.4 Å². The Morgan fingerprint density at radius 1 is 1.17 bits per heavy atom. The molecule has 0 fully saturated rings. The fourth-order valence-corrected chi connectivity index (χ4v) is 3.17. The average Bonchev–Trinajstić information content (AvgIpc) is 2.74. The summed E-state index contributed by atoms with van der Waals surface area (Å²) in [6.45, 7) is 0.271. The fourth-order valence-electron chi connectivity index (χ4n) is 2.59. The smallest absolute Gasteiger partial charge is 0.266 e. The van der Waals surface area contributed by atoms with E-state index >= 15 is 0 Å². The highest BCUT2D eigenvalue weighted by Crippen LogP contribution is 2.27. The molecule has 0 bridgehead atoms. The van der Waals surface area contributed by atoms with Crippen LogP contribution in [0.5, 0.6) is 5.75 Å². The van der Waals surface area contributed by atoms with Crippen molar-refractivity contribution in [3.05, 3.63) is 98.7 Å². The first-order valence-corrected chi connectivity index (χ1v) is 9.98. The molecule has 0 saturated heterocycles. The van der Waals surface area contributed by atoms with E-state index in [-0.39, 0.29) is 17.9 Å². The number of nitrogens with zero attached hydrogens (tertiary/aromatic N) is 1. The standard InChI is InChI=1S/C23H15BrClFN2O2/c24-19-6-2-1-5-15(19)14-30-22-10-9-18(25)12-16(22)11-17(13-27)23(29)28-21-8-4-3-7-20(21)26/h1-12H,14H2,(H,28,29)/b17-11+. The predicted octanol–water partition coefficient (Wildman–Crippen LogP) is 6.37. The number of carbonyl (C=O) groups is 1. The second-order valence-electron chi connectivity index (χ2n) is 6.17. The van der Waals surface area contributed by atoms with E-state index < -0.39 is 11.7 Å². The maximum absolute atomic E-state index is 13.8. The SMILES string of the molecule is N#C/C(=C\c1cc(Cl)ccc1OCc1ccccc1Br)C(=O)Nc1ccccc1F. The largest absolute Gasteiger partial charge is 0.488 e. The van der Waals surface area contributed by atoms with Crippen LogP contribution < -0.4 is 10.1 Å². The lowest BCUT2D eigenvalue weighted by Gasteiger charge is -2.11. The van der Waals surface area contributed by atoms with Crippen LogP contribution in [0.25, 0.3) is 6.08 Å². The zero-order chi connectivity index (χ0) is 21.5. The van der Waals surface area contributed by atoms with Crippen LogP contribution in [-0.2, 0) is 11.4 Å². The molecule has 0 aromatic heterocycles. The van der Waals surface area contributed by atoms with E-state index in [2.05, 4.69) is 21.2 Å². The maximum atomic E-state index is 13.8. The number of carbonyl (C=O) groups excluding carboxylic acids is 1. The van der Waals surface area contributed by atoms with Gasteiger partial charge in [-0.05, 0) is 42.5 Å². The summed E-state index contributed by atoms with van der Waals surface area (Å²) in [4.78, 5) is 12.5. The van der Waals surface area contributed by atoms with Gasteiger partial charge in [-0.1, -0.05) is 57.9 Å². The predicted molar refractivity (Wildman–Crippen MR) is 119 cm³/mol. The van der Waals surface area contributed by atoms with E-state index in [1.807, 2.05) is 30.3 Å². The Bertz CT molecular complexity index is 1160. The minimum Gasteiger partial charge on any atom is -0.488 e. The van der Waals surface area contributed by atoms with Crippen molar-refractivity contribution in [3.8, 4) is 11.8 Å². The van der Waals surface area contributed by atoms with E-state index in [4.69, 9.17) is 16.3 Å². The quantitative estimate of drug-likeness (QED) is 0.326. The normalized spacial score (nSPS) is 10.9. The van der Waals surface area contributed by atoms with Crippen LogP contribution in [0, 0.1) is 17.1 Å². The number of nitrogens with one attached hydrogen (secondary N) is 1. The van der Waals surface area contributed by atoms with Crippen LogP contribution in [0.2, 0.25) is 5.02 Å². The van der Waals surface area contributed by atoms with Crippen LogP contribution >= 0.6 is 27.5 Å². The Hall–Kier alpha value is -3.14. The van der Waals surface area contributed by atoms with Crippen molar-refractivity contribution in [1.29, 1.82) is 5.26 Å². The van der Waals surface area contributed by atoms with Gasteiger partial charge in [0.2, 0.25) is 0 Å². The molecule has 0 radical (unpaired) electrons. The van der Waals surface area contributed by atoms with Gasteiger partial charge in [-0.15, -0.1) is 0 Å². The molecule has 0 heterocycles. The van der Waals surface area contributed by atoms with Crippen molar-refractivity contribution in [2.75, 3.05) is 5.32 Å². The molecule has 1 N–H and O–H groups in total. The summed E-state index contributed by atoms with van der Waals surface area (Å²) in [5, 5.41) is 12.3. The molecule has 30 heavy (non-hydrogen) atoms. The van der Waals surface area contributed by atoms with E-state index in [0.29, 0.717) is 16.3 Å². The van der Waals surface area contributed by atoms with Crippen LogP contribution in [0.15, 0.2) is 76.8 Å². The fraction of sp³-hybridized carbons (Fsp3) is 0.0435. The first-order valence-electron chi connectivity index (χ1n) is 8.81. The molecule has 7 heteroatoms. The molecule has 150 valence electrons. The number of hydrogen-bond donors (Lipinski definition) is 1. The summed E-state index contributed by atoms with van der Waals surface area (Å²) in [6.07, 6.45) is 1.36. The topological polar surface area (TPSA) is 62.1 Å². The van der Waals surface area contributed by atoms with Gasteiger partial charge in [-0.3, -0.25) is 4.79 Å². The highest BCUT2D eigenvalue weighted by molar-refractivity contribution is 9.10. The second kappa shape index (κ2) is 10.1. The van der Waals surface area contributed by atoms with Gasteiger partial charge in [0.15, 0.2) is 0 Å². The van der Waals surface area contributed by atoms with Crippen molar-refractivity contribution in [2.45, 2.75) is 6.61 Å². The maximum Gasteiger partial charge on any atom is 0.266 e. The molecular formula is C23H15BrClFN2O2. The van der Waals surface area contributed by atoms with Crippen molar-refractivity contribution in [1.82, 2.24) is 0 Å². The number of rotatable bonds is 6. The number of para-hydroxylation sites is 1. The average molecular weight is 486 g/mol. The third-order valence-corrected chi connectivity index (χ3v) is 5.11. The number of hydrogen-bond acceptors (Lipinski definition) is 3. The summed E-state index contributed by atoms with van der Waals surface area (Å²) in [7, 11) is 0. The molecule has 0 aliphatic rings. The summed E-state index contributed by atoms with van der Waals surface area (Å²) >= 11 is 9.56. The second-order valence-corrected chi connectivity index (χ2v) is 7.46. The van der Waals surface area contributed by atoms with Crippen LogP contribution in [0.4, 0.5) is 10.1 Å². The van der Waals surface area contributed by atoms with Gasteiger partial charge in [0.05, 0.1) is 5.69 Å². The number of ether oxygens (including phenoxy) is 1. The third-order valence-electron chi connectivity index (χ3n) is 4.10. The molecule has 3 aromatic rings. The number of anilines is 1. The van der Waals surface area contributed by atoms with Crippen molar-refractivity contribution in [2.24, 2.45) is 0 Å². The summed E-state index contributed by atoms with van der Waals surface area (Å²) < 4.78 is 20.6. The molecule has 0 unspecified atom stereocenters. The van der Waals surface area contributed by atoms with Crippen LogP contribution in [0.1, 0.15) is 11.1 Å². The number of halogens is 3. The van der Waals surface area contributed by atoms with Gasteiger partial charge in [0.1, 0.15) is 29.8 Å². The lowest BCUT2D eigenvalue weighted by Crippen LogP contribution is -2.14. The summed E-state index contributed by atoms with van der Waals surface area (Å²) in [5.41, 5.74) is 1.15. The molecule has 4 nitrogen and oxygen atoms in total. The van der Waals surface area contributed by atoms with Crippen molar-refractivity contribution < 1.29 is 13.9 Å². The zero-order valence-electron chi connectivity index (χ0n) is 15.5. The highest BCUT2D eigenvalue weighted by Gasteiger charge is 2.14. The first-order chi connectivity index (χ1) is 14.5. The molecule has 0 aliphatic carbocycles. The molecular weight excluding hydrogens is 471 g/mol. The molecule has 0 aliphatic heterocycles. The third kappa shape index (κ3) is 5.47. The number of nitriles is 1. The molecule has 3 rings (SSSR count). The molecule has 3 aromatic carbocycles. The number of benzene rings is 3. The number of amides is 1. The van der Waals surface area contributed by atoms with E-state index in [0.717, 1.165) is 10.0 Å². The van der Waals surface area contributed by atoms with Gasteiger partial charge in [-0.2, -0.15) is 5.26 Å². The van der Waals surface area contributed by atoms with Gasteiger partial charge in [0, 0.05) is 20.6 Å². The lowest BCUT2D eigenvalue weighted by atomic mass is 10.1. The van der Waals surface area contributed by atoms with Gasteiger partial charge >= 0.3 is 0 Å². The van der Waals surface area contributed by atoms with Crippen molar-refractivity contribution in [3.63, 3.8) is 0 Å². The molecule has 0 spiro atoms. The van der Waals surface area contributed by atoms with Crippen LogP contribution in [-0.4, -0.2) is 5.91 Å². The first kappa shape index (κ1) is 21.6. The van der Waals surface area contributed by atoms with Gasteiger partial charge in [-0.25, -0.2) is 4.39 Å². The van der Waals surface area contributed by atoms with Crippen LogP contribution in [0.3, 0.4) is 0 Å². The Kier molecular flexibility index (Phi) is 7.23. The zero-order valence-corrected chi connectivity index (χ0v) is 17.9. The van der Waals surface area contributed by atoms with Gasteiger partial charge < -0.3 is 10.1 Å². The molecule has 1 amide bonds. The Morgan fingerprint density at radius 3 is 2.63 bits per heavy atom. The summed E-state index contributed by atoms with van der Waals surface area (Å²) in [5.74, 6) is -0.885. The highest BCUT2D eigenvalue weighted by atomic mass is 79.9. The van der Waals surface area contributed by atoms with Crippen molar-refractivity contribution >= 4 is 45.2 Å². The summed E-state index contributed by atoms with van der Waals surface area (Å²) in [6, 6.07) is 20.1. The van der Waals surface area contributed by atoms with Gasteiger partial charge in [0.25, 0.3) is 5.91 Å². The minimum atomic E-state index is -0.737. The minimum absolute atomic E-state index is 0.0138. The lowest BCUT2D eigenvalue weighted by molar-refractivity contribution is -0.112. The Labute approximate surface area is 186 Å². The van der Waals surface area contributed by atoms with E-state index in [1.54, 1.807) is 24.3 Å².